The molecule has 0 N–H and O–H groups in total. The van der Waals surface area contributed by atoms with Gasteiger partial charge in [0.2, 0.25) is 0 Å². The Hall–Kier alpha value is -1.97. The Morgan fingerprint density at radius 1 is 1.16 bits per heavy atom. The fourth-order valence-corrected chi connectivity index (χ4v) is 2.19. The van der Waals surface area contributed by atoms with Crippen molar-refractivity contribution in [3.8, 4) is 0 Å². The first-order valence-electron chi connectivity index (χ1n) is 6.65. The van der Waals surface area contributed by atoms with Crippen LogP contribution >= 0.6 is 0 Å². The molecule has 1 aliphatic rings. The highest BCUT2D eigenvalue weighted by Crippen LogP contribution is 2.10. The SMILES string of the molecule is O=CC(Cc1ccccc1)=NC(=O)N1CCCCC1. The van der Waals surface area contributed by atoms with Crippen molar-refractivity contribution in [2.75, 3.05) is 13.1 Å². The topological polar surface area (TPSA) is 49.7 Å². The van der Waals surface area contributed by atoms with Gasteiger partial charge in [0.05, 0.1) is 5.71 Å². The quantitative estimate of drug-likeness (QED) is 0.617. The van der Waals surface area contributed by atoms with Gasteiger partial charge < -0.3 is 4.90 Å². The smallest absolute Gasteiger partial charge is 0.323 e. The van der Waals surface area contributed by atoms with E-state index >= 15 is 0 Å². The number of hydrogen-bond acceptors (Lipinski definition) is 2. The van der Waals surface area contributed by atoms with E-state index < -0.39 is 0 Å². The monoisotopic (exact) mass is 258 g/mol. The summed E-state index contributed by atoms with van der Waals surface area (Å²) in [5.74, 6) is 0. The normalized spacial score (nSPS) is 16.2. The van der Waals surface area contributed by atoms with Crippen molar-refractivity contribution in [3.05, 3.63) is 35.9 Å². The summed E-state index contributed by atoms with van der Waals surface area (Å²) in [5, 5.41) is 0. The van der Waals surface area contributed by atoms with Crippen molar-refractivity contribution < 1.29 is 9.59 Å². The van der Waals surface area contributed by atoms with Crippen LogP contribution in [0.15, 0.2) is 35.3 Å². The number of piperidine rings is 1. The van der Waals surface area contributed by atoms with Crippen molar-refractivity contribution in [3.63, 3.8) is 0 Å². The molecule has 4 nitrogen and oxygen atoms in total. The number of rotatable bonds is 3. The molecule has 1 fully saturated rings. The van der Waals surface area contributed by atoms with E-state index in [1.165, 1.54) is 0 Å². The molecule has 4 heteroatoms. The molecule has 0 bridgehead atoms. The van der Waals surface area contributed by atoms with Gasteiger partial charge in [0, 0.05) is 19.5 Å². The molecular formula is C15H18N2O2. The van der Waals surface area contributed by atoms with Crippen LogP contribution < -0.4 is 0 Å². The largest absolute Gasteiger partial charge is 0.343 e. The fourth-order valence-electron chi connectivity index (χ4n) is 2.19. The van der Waals surface area contributed by atoms with Crippen LogP contribution in [0.1, 0.15) is 24.8 Å². The van der Waals surface area contributed by atoms with Crippen molar-refractivity contribution in [1.29, 1.82) is 0 Å². The van der Waals surface area contributed by atoms with Crippen LogP contribution in [0.3, 0.4) is 0 Å². The predicted octanol–water partition coefficient (Wildman–Crippen LogP) is 2.47. The third-order valence-electron chi connectivity index (χ3n) is 3.23. The summed E-state index contributed by atoms with van der Waals surface area (Å²) < 4.78 is 0. The molecule has 0 atom stereocenters. The van der Waals surface area contributed by atoms with Crippen LogP contribution in [0, 0.1) is 0 Å². The lowest BCUT2D eigenvalue weighted by Gasteiger charge is -2.24. The van der Waals surface area contributed by atoms with E-state index in [0.29, 0.717) is 18.4 Å². The van der Waals surface area contributed by atoms with Crippen LogP contribution in [0.4, 0.5) is 4.79 Å². The number of amides is 2. The molecule has 19 heavy (non-hydrogen) atoms. The van der Waals surface area contributed by atoms with Gasteiger partial charge in [-0.25, -0.2) is 4.79 Å². The number of carbonyl (C=O) groups excluding carboxylic acids is 2. The molecule has 1 aromatic carbocycles. The molecule has 0 saturated carbocycles. The highest BCUT2D eigenvalue weighted by molar-refractivity contribution is 6.30. The highest BCUT2D eigenvalue weighted by Gasteiger charge is 2.16. The summed E-state index contributed by atoms with van der Waals surface area (Å²) in [7, 11) is 0. The molecule has 0 radical (unpaired) electrons. The van der Waals surface area contributed by atoms with Gasteiger partial charge in [0.15, 0.2) is 6.29 Å². The van der Waals surface area contributed by atoms with E-state index in [4.69, 9.17) is 0 Å². The van der Waals surface area contributed by atoms with Crippen LogP contribution in [0.25, 0.3) is 0 Å². The molecule has 1 saturated heterocycles. The van der Waals surface area contributed by atoms with E-state index in [0.717, 1.165) is 37.9 Å². The lowest BCUT2D eigenvalue weighted by Crippen LogP contribution is -2.34. The predicted molar refractivity (Wildman–Crippen MR) is 74.5 cm³/mol. The molecule has 1 aromatic rings. The van der Waals surface area contributed by atoms with Crippen LogP contribution in [-0.4, -0.2) is 36.0 Å². The molecule has 0 aromatic heterocycles. The molecule has 2 rings (SSSR count). The second-order valence-electron chi connectivity index (χ2n) is 4.71. The number of urea groups is 1. The Kier molecular flexibility index (Phi) is 4.84. The van der Waals surface area contributed by atoms with Gasteiger partial charge in [-0.15, -0.1) is 0 Å². The summed E-state index contributed by atoms with van der Waals surface area (Å²) in [6, 6.07) is 9.29. The standard InChI is InChI=1S/C15H18N2O2/c18-12-14(11-13-7-3-1-4-8-13)16-15(19)17-9-5-2-6-10-17/h1,3-4,7-8,12H,2,5-6,9-11H2. The number of aldehydes is 1. The molecule has 0 spiro atoms. The third kappa shape index (κ3) is 4.02. The Balaban J connectivity index is 2.01. The summed E-state index contributed by atoms with van der Waals surface area (Å²) in [6.07, 6.45) is 4.30. The van der Waals surface area contributed by atoms with Crippen LogP contribution in [0.5, 0.6) is 0 Å². The van der Waals surface area contributed by atoms with Gasteiger partial charge in [-0.2, -0.15) is 4.99 Å². The molecule has 0 aliphatic carbocycles. The van der Waals surface area contributed by atoms with E-state index in [2.05, 4.69) is 4.99 Å². The maximum absolute atomic E-state index is 11.9. The van der Waals surface area contributed by atoms with Gasteiger partial charge in [0.25, 0.3) is 0 Å². The minimum absolute atomic E-state index is 0.280. The first kappa shape index (κ1) is 13.5. The highest BCUT2D eigenvalue weighted by atomic mass is 16.2. The molecule has 2 amide bonds. The average molecular weight is 258 g/mol. The number of aliphatic imine (C=N–C) groups is 1. The summed E-state index contributed by atoms with van der Waals surface area (Å²) in [5.41, 5.74) is 1.28. The summed E-state index contributed by atoms with van der Waals surface area (Å²) in [6.45, 7) is 1.50. The average Bonchev–Trinajstić information content (AvgIpc) is 2.48. The number of carbonyl (C=O) groups is 2. The first-order valence-corrected chi connectivity index (χ1v) is 6.65. The summed E-state index contributed by atoms with van der Waals surface area (Å²) >= 11 is 0. The van der Waals surface area contributed by atoms with Gasteiger partial charge in [-0.1, -0.05) is 30.3 Å². The maximum atomic E-state index is 11.9. The number of nitrogens with zero attached hydrogens (tertiary/aromatic N) is 2. The fraction of sp³-hybridized carbons (Fsp3) is 0.400. The maximum Gasteiger partial charge on any atom is 0.343 e. The third-order valence-corrected chi connectivity index (χ3v) is 3.23. The number of hydrogen-bond donors (Lipinski definition) is 0. The van der Waals surface area contributed by atoms with Gasteiger partial charge in [-0.05, 0) is 24.8 Å². The lowest BCUT2D eigenvalue weighted by molar-refractivity contribution is -0.102. The molecule has 1 aliphatic heterocycles. The zero-order valence-corrected chi connectivity index (χ0v) is 10.9. The van der Waals surface area contributed by atoms with Gasteiger partial charge in [0.1, 0.15) is 0 Å². The van der Waals surface area contributed by atoms with Crippen molar-refractivity contribution in [2.45, 2.75) is 25.7 Å². The molecule has 0 unspecified atom stereocenters. The zero-order chi connectivity index (χ0) is 13.5. The van der Waals surface area contributed by atoms with E-state index in [9.17, 15) is 9.59 Å². The van der Waals surface area contributed by atoms with Gasteiger partial charge in [-0.3, -0.25) is 4.79 Å². The summed E-state index contributed by atoms with van der Waals surface area (Å²) in [4.78, 5) is 28.6. The minimum atomic E-state index is -0.280. The van der Waals surface area contributed by atoms with E-state index in [-0.39, 0.29) is 6.03 Å². The van der Waals surface area contributed by atoms with Crippen molar-refractivity contribution in [2.24, 2.45) is 4.99 Å². The Morgan fingerprint density at radius 2 is 1.84 bits per heavy atom. The molecular weight excluding hydrogens is 240 g/mol. The Morgan fingerprint density at radius 3 is 2.47 bits per heavy atom. The lowest BCUT2D eigenvalue weighted by atomic mass is 10.1. The van der Waals surface area contributed by atoms with E-state index in [1.807, 2.05) is 30.3 Å². The number of likely N-dealkylation sites (tertiary alicyclic amines) is 1. The second kappa shape index (κ2) is 6.83. The Labute approximate surface area is 113 Å². The Bertz CT molecular complexity index is 462. The second-order valence-corrected chi connectivity index (χ2v) is 4.71. The first-order chi connectivity index (χ1) is 9.29. The minimum Gasteiger partial charge on any atom is -0.323 e. The zero-order valence-electron chi connectivity index (χ0n) is 10.9. The molecule has 1 heterocycles. The van der Waals surface area contributed by atoms with Crippen LogP contribution in [0.2, 0.25) is 0 Å². The molecule has 100 valence electrons. The van der Waals surface area contributed by atoms with Crippen LogP contribution in [-0.2, 0) is 11.2 Å². The van der Waals surface area contributed by atoms with E-state index in [1.54, 1.807) is 4.90 Å². The number of benzene rings is 1. The van der Waals surface area contributed by atoms with Gasteiger partial charge >= 0.3 is 6.03 Å². The van der Waals surface area contributed by atoms with Crippen molar-refractivity contribution in [1.82, 2.24) is 4.90 Å². The van der Waals surface area contributed by atoms with Crippen molar-refractivity contribution >= 4 is 18.0 Å².